The molecule has 0 amide bonds. The molecular formula is C64H73N5O15. The number of esters is 1. The lowest BCUT2D eigenvalue weighted by Gasteiger charge is -2.56. The van der Waals surface area contributed by atoms with Crippen LogP contribution in [0.5, 0.6) is 17.2 Å². The van der Waals surface area contributed by atoms with Gasteiger partial charge in [0.2, 0.25) is 12.1 Å². The van der Waals surface area contributed by atoms with Gasteiger partial charge in [-0.25, -0.2) is 0 Å². The van der Waals surface area contributed by atoms with Gasteiger partial charge in [0.25, 0.3) is 0 Å². The molecule has 444 valence electrons. The number of aromatic hydroxyl groups is 1. The number of aliphatic imine (C=N–C) groups is 1. The van der Waals surface area contributed by atoms with Crippen LogP contribution >= 0.6 is 0 Å². The Morgan fingerprint density at radius 3 is 2.54 bits per heavy atom. The van der Waals surface area contributed by atoms with Crippen LogP contribution in [0, 0.1) is 29.6 Å². The number of nitrogens with zero attached hydrogens (tertiary/aromatic N) is 1. The maximum absolute atomic E-state index is 16.2. The van der Waals surface area contributed by atoms with Gasteiger partial charge >= 0.3 is 5.97 Å². The minimum absolute atomic E-state index is 0.0356. The molecule has 1 saturated heterocycles. The van der Waals surface area contributed by atoms with Gasteiger partial charge in [-0.05, 0) is 147 Å². The quantitative estimate of drug-likeness (QED) is 0.0281. The topological polar surface area (TPSA) is 335 Å². The summed E-state index contributed by atoms with van der Waals surface area (Å²) >= 11 is 0. The van der Waals surface area contributed by atoms with Crippen molar-refractivity contribution in [2.24, 2.45) is 34.2 Å². The lowest BCUT2D eigenvalue weighted by atomic mass is 9.51. The molecule has 11 rings (SSSR count). The zero-order valence-electron chi connectivity index (χ0n) is 47.2. The second kappa shape index (κ2) is 23.5. The summed E-state index contributed by atoms with van der Waals surface area (Å²) in [6, 6.07) is 10.8. The number of phenols is 1. The molecule has 13 N–H and O–H groups in total. The van der Waals surface area contributed by atoms with Crippen molar-refractivity contribution in [3.05, 3.63) is 120 Å². The minimum atomic E-state index is -3.09. The highest BCUT2D eigenvalue weighted by molar-refractivity contribution is 6.32. The second-order valence-electron chi connectivity index (χ2n) is 23.9. The number of hydrogen-bond acceptors (Lipinski definition) is 20. The number of benzene rings is 4. The number of ether oxygens (including phenoxy) is 4. The molecule has 7 aliphatic rings. The van der Waals surface area contributed by atoms with Gasteiger partial charge in [-0.2, -0.15) is 0 Å². The molecule has 2 saturated carbocycles. The van der Waals surface area contributed by atoms with Crippen LogP contribution in [-0.2, 0) is 45.7 Å². The number of rotatable bonds is 12. The molecule has 20 heteroatoms. The molecule has 2 heterocycles. The number of aliphatic hydroxyl groups is 6. The van der Waals surface area contributed by atoms with E-state index in [1.807, 2.05) is 25.2 Å². The first-order valence-corrected chi connectivity index (χ1v) is 29.0. The van der Waals surface area contributed by atoms with Crippen LogP contribution in [0.1, 0.15) is 163 Å². The van der Waals surface area contributed by atoms with E-state index in [-0.39, 0.29) is 106 Å². The lowest BCUT2D eigenvalue weighted by molar-refractivity contribution is -0.379. The van der Waals surface area contributed by atoms with Crippen molar-refractivity contribution in [2.75, 3.05) is 26.7 Å². The van der Waals surface area contributed by atoms with Crippen molar-refractivity contribution in [3.63, 3.8) is 0 Å². The Morgan fingerprint density at radius 2 is 1.79 bits per heavy atom. The fourth-order valence-corrected chi connectivity index (χ4v) is 14.6. The number of phenolic OH excluding ortho intramolecular Hbond substituents is 1. The summed E-state index contributed by atoms with van der Waals surface area (Å²) in [6.45, 7) is 2.43. The molecule has 0 spiro atoms. The maximum atomic E-state index is 16.2. The molecule has 0 radical (unpaired) electrons. The van der Waals surface area contributed by atoms with Crippen molar-refractivity contribution < 1.29 is 73.9 Å². The summed E-state index contributed by atoms with van der Waals surface area (Å²) in [4.78, 5) is 63.1. The Kier molecular flexibility index (Phi) is 16.5. The Balaban J connectivity index is 1.17. The number of hydrogen-bond donors (Lipinski definition) is 11. The van der Waals surface area contributed by atoms with Crippen LogP contribution in [0.4, 0.5) is 0 Å². The van der Waals surface area contributed by atoms with Gasteiger partial charge in [0.15, 0.2) is 29.9 Å². The van der Waals surface area contributed by atoms with Gasteiger partial charge in [0.1, 0.15) is 23.4 Å². The van der Waals surface area contributed by atoms with Crippen LogP contribution < -0.4 is 31.6 Å². The smallest absolute Gasteiger partial charge is 0.308 e. The molecular weight excluding hydrogens is 1080 g/mol. The molecule has 12 atom stereocenters. The zero-order chi connectivity index (χ0) is 59.5. The second-order valence-corrected chi connectivity index (χ2v) is 23.9. The Bertz CT molecular complexity index is 3440. The van der Waals surface area contributed by atoms with Crippen LogP contribution in [-0.4, -0.2) is 141 Å². The molecule has 84 heavy (non-hydrogen) atoms. The number of ketones is 2. The monoisotopic (exact) mass is 1150 g/mol. The molecule has 5 aliphatic carbocycles. The highest BCUT2D eigenvalue weighted by Crippen LogP contribution is 2.61. The van der Waals surface area contributed by atoms with Gasteiger partial charge < -0.3 is 76.8 Å². The predicted octanol–water partition coefficient (Wildman–Crippen LogP) is 3.29. The lowest BCUT2D eigenvalue weighted by Crippen LogP contribution is -2.68. The number of fused-ring (bicyclic) bond motifs is 6. The van der Waals surface area contributed by atoms with E-state index >= 15 is 9.59 Å². The SMILES string of the molecule is CNCC1CC2CCC3CC2C(O)(C1)c1c3ccc(Cc2c(O)c3c4c(c2OC2OC(C)C(O)C(O)(O)C2OCC2CCN=C(N)N2)CC#CC(N)CCC(O)Cc2cccc(c2)C=Cc2c(OC(C)=O)cc(CO)c(c2C4=O)C3=O)c1C=O. The van der Waals surface area contributed by atoms with E-state index in [0.29, 0.717) is 48.9 Å². The minimum Gasteiger partial charge on any atom is -0.507 e. The fourth-order valence-electron chi connectivity index (χ4n) is 14.6. The van der Waals surface area contributed by atoms with Gasteiger partial charge in [-0.1, -0.05) is 54.3 Å². The Morgan fingerprint density at radius 1 is 0.988 bits per heavy atom. The first-order chi connectivity index (χ1) is 40.2. The first-order valence-electron chi connectivity index (χ1n) is 29.0. The predicted molar refractivity (Wildman–Crippen MR) is 307 cm³/mol. The van der Waals surface area contributed by atoms with Crippen molar-refractivity contribution in [1.82, 2.24) is 10.6 Å². The molecule has 12 unspecified atom stereocenters. The van der Waals surface area contributed by atoms with E-state index in [9.17, 15) is 45.3 Å². The van der Waals surface area contributed by atoms with Crippen molar-refractivity contribution in [3.8, 4) is 29.1 Å². The van der Waals surface area contributed by atoms with E-state index in [0.717, 1.165) is 43.7 Å². The number of nitrogens with two attached hydrogens (primary N) is 2. The fraction of sp³-hybridized carbons (Fsp3) is 0.484. The van der Waals surface area contributed by atoms with Crippen LogP contribution in [0.15, 0.2) is 47.5 Å². The van der Waals surface area contributed by atoms with Crippen LogP contribution in [0.2, 0.25) is 0 Å². The number of nitrogens with one attached hydrogen (secondary N) is 2. The van der Waals surface area contributed by atoms with Crippen molar-refractivity contribution >= 4 is 41.9 Å². The van der Waals surface area contributed by atoms with E-state index in [2.05, 4.69) is 27.5 Å². The van der Waals surface area contributed by atoms with Gasteiger partial charge in [-0.3, -0.25) is 24.2 Å². The van der Waals surface area contributed by atoms with Gasteiger partial charge in [0, 0.05) is 65.3 Å². The standard InChI is InChI=1S/C64H73N5O15/c1-31-59(77)64(79,80)60(81-30-41-18-19-68-62(66)69-41)61(82-31)84-58-45-9-5-8-40(65)14-15-42(73)22-34-7-4-6-33(20-34)10-16-44-49(83-32(2)72)25-39(28-70)50-51(44)57(76)52(45)53(56(50)75)55(74)46(58)23-36-13-17-43-37-11-12-38-21-35(27-67-3)26-63(78,48(38)24-37)54(43)47(36)29-71/h4,6-7,10,13,16-17,20,25,29,31,35,37-38,40-42,48,59-61,67,70,73-74,77-80H,9,11-12,14-15,18-19,21-24,26-28,30,65H2,1-3H3,(H3,66,68,69). The van der Waals surface area contributed by atoms with Gasteiger partial charge in [0.05, 0.1) is 48.7 Å². The number of carbonyl (C=O) groups is 4. The van der Waals surface area contributed by atoms with Crippen molar-refractivity contribution in [2.45, 2.75) is 151 Å². The molecule has 0 aromatic heterocycles. The molecule has 4 aromatic rings. The number of aliphatic hydroxyl groups excluding tert-OH is 3. The Labute approximate surface area is 486 Å². The molecule has 4 aromatic carbocycles. The molecule has 3 fully saturated rings. The third-order valence-electron chi connectivity index (χ3n) is 18.4. The van der Waals surface area contributed by atoms with E-state index in [4.69, 9.17) is 30.4 Å². The highest BCUT2D eigenvalue weighted by Gasteiger charge is 2.58. The molecule has 6 bridgehead atoms. The summed E-state index contributed by atoms with van der Waals surface area (Å²) < 4.78 is 25.2. The zero-order valence-corrected chi connectivity index (χ0v) is 47.2. The summed E-state index contributed by atoms with van der Waals surface area (Å²) in [5.41, 5.74) is 12.5. The van der Waals surface area contributed by atoms with Crippen molar-refractivity contribution in [1.29, 1.82) is 0 Å². The highest BCUT2D eigenvalue weighted by atomic mass is 16.7. The first kappa shape index (κ1) is 58.9. The average molecular weight is 1150 g/mol. The summed E-state index contributed by atoms with van der Waals surface area (Å²) in [7, 11) is 1.87. The number of aldehydes is 1. The van der Waals surface area contributed by atoms with Crippen LogP contribution in [0.3, 0.4) is 0 Å². The third-order valence-corrected chi connectivity index (χ3v) is 18.4. The Hall–Kier alpha value is -6.87. The number of carbonyl (C=O) groups excluding carboxylic acids is 4. The summed E-state index contributed by atoms with van der Waals surface area (Å²) in [5, 5.41) is 90.3. The van der Waals surface area contributed by atoms with Crippen LogP contribution in [0.25, 0.3) is 12.2 Å². The largest absolute Gasteiger partial charge is 0.507 e. The normalized spacial score (nSPS) is 29.4. The van der Waals surface area contributed by atoms with E-state index in [1.165, 1.54) is 19.1 Å². The molecule has 2 aliphatic heterocycles. The number of guanidine groups is 1. The summed E-state index contributed by atoms with van der Waals surface area (Å²) in [5.74, 6) is -0.540. The third kappa shape index (κ3) is 10.7. The van der Waals surface area contributed by atoms with E-state index in [1.54, 1.807) is 24.3 Å². The maximum Gasteiger partial charge on any atom is 0.308 e. The summed E-state index contributed by atoms with van der Waals surface area (Å²) in [6.07, 6.45) is -0.00783. The average Bonchev–Trinajstić information content (AvgIpc) is 1.58. The van der Waals surface area contributed by atoms with E-state index < -0.39 is 108 Å². The molecule has 20 nitrogen and oxygen atoms in total. The van der Waals surface area contributed by atoms with Gasteiger partial charge in [-0.15, -0.1) is 0 Å².